The summed E-state index contributed by atoms with van der Waals surface area (Å²) in [5, 5.41) is 12.6. The van der Waals surface area contributed by atoms with Gasteiger partial charge in [-0.25, -0.2) is 0 Å². The number of aryl methyl sites for hydroxylation is 1. The number of aliphatic hydroxyl groups excluding tert-OH is 1. The Morgan fingerprint density at radius 1 is 0.880 bits per heavy atom. The molecule has 4 nitrogen and oxygen atoms in total. The number of ketones is 1. The number of allylic oxidation sites excluding steroid dienone is 2. The Kier molecular flexibility index (Phi) is 14.0. The molecule has 1 N–H and O–H groups in total. The molecule has 0 saturated heterocycles. The molecule has 50 heavy (non-hydrogen) atoms. The molecule has 0 spiro atoms. The fourth-order valence-corrected chi connectivity index (χ4v) is 6.65. The molecule has 5 heteroatoms. The number of carbonyl (C=O) groups excluding carboxylic acids is 1. The van der Waals surface area contributed by atoms with Gasteiger partial charge in [-0.3, -0.25) is 14.8 Å². The minimum atomic E-state index is -0.337. The second kappa shape index (κ2) is 16.9. The smallest absolute Gasteiger partial charge is 0.164 e. The maximum atomic E-state index is 12.2. The molecule has 1 aliphatic rings. The van der Waals surface area contributed by atoms with Gasteiger partial charge in [-0.15, -0.1) is 29.1 Å². The standard InChI is InChI=1S/C30H31N2.C15H28O2.Ir/c1-19(2)16-22-10-11-25-24-14-15-31-29(26(24)12-13-28(25)32-22)21-17-20-8-6-7-9-23(20)27(18-21)30(3,4)5;1-7-14(5,8-2)12(16)11-13(17)15(6,9-3)10-4;/h6-11,14-15,18-19H,12-13,16H2,1-5H3;11,16H,7-10H2,1-6H3;/q-1;;/b;12-11-;. The number of aliphatic hydroxyl groups is 1. The molecule has 4 aromatic rings. The second-order valence-electron chi connectivity index (χ2n) is 15.9. The Balaban J connectivity index is 0.000000323. The summed E-state index contributed by atoms with van der Waals surface area (Å²) in [6.45, 7) is 23.4. The molecule has 2 heterocycles. The summed E-state index contributed by atoms with van der Waals surface area (Å²) in [6, 6.07) is 21.2. The van der Waals surface area contributed by atoms with Crippen LogP contribution in [0.5, 0.6) is 0 Å². The zero-order valence-corrected chi connectivity index (χ0v) is 34.8. The van der Waals surface area contributed by atoms with Gasteiger partial charge in [0.05, 0.1) is 0 Å². The van der Waals surface area contributed by atoms with Gasteiger partial charge < -0.3 is 5.11 Å². The summed E-state index contributed by atoms with van der Waals surface area (Å²) in [7, 11) is 0. The van der Waals surface area contributed by atoms with Crippen LogP contribution in [-0.4, -0.2) is 20.9 Å². The Bertz CT molecular complexity index is 1810. The number of hydrogen-bond donors (Lipinski definition) is 1. The van der Waals surface area contributed by atoms with Gasteiger partial charge in [-0.1, -0.05) is 111 Å². The van der Waals surface area contributed by atoms with E-state index in [1.54, 1.807) is 0 Å². The second-order valence-corrected chi connectivity index (χ2v) is 15.9. The number of aromatic nitrogens is 2. The fraction of sp³-hybridized carbons (Fsp3) is 0.489. The third-order valence-electron chi connectivity index (χ3n) is 11.0. The Hall–Kier alpha value is -3.14. The van der Waals surface area contributed by atoms with Gasteiger partial charge in [0.25, 0.3) is 0 Å². The van der Waals surface area contributed by atoms with Crippen molar-refractivity contribution in [1.29, 1.82) is 0 Å². The van der Waals surface area contributed by atoms with Gasteiger partial charge in [0.2, 0.25) is 0 Å². The van der Waals surface area contributed by atoms with Crippen molar-refractivity contribution in [3.05, 3.63) is 95.1 Å². The average molecular weight is 852 g/mol. The number of rotatable bonds is 10. The molecule has 2 aromatic heterocycles. The number of pyridine rings is 2. The van der Waals surface area contributed by atoms with Crippen LogP contribution in [-0.2, 0) is 49.6 Å². The molecule has 271 valence electrons. The summed E-state index contributed by atoms with van der Waals surface area (Å²) < 4.78 is 0. The van der Waals surface area contributed by atoms with Crippen LogP contribution in [0.4, 0.5) is 0 Å². The molecule has 0 atom stereocenters. The molecule has 1 aliphatic carbocycles. The van der Waals surface area contributed by atoms with E-state index in [0.29, 0.717) is 5.92 Å². The van der Waals surface area contributed by atoms with Crippen molar-refractivity contribution in [2.75, 3.05) is 0 Å². The summed E-state index contributed by atoms with van der Waals surface area (Å²) in [5.74, 6) is 0.904. The maximum absolute atomic E-state index is 12.2. The average Bonchev–Trinajstić information content (AvgIpc) is 3.09. The molecule has 0 amide bonds. The summed E-state index contributed by atoms with van der Waals surface area (Å²) >= 11 is 0. The van der Waals surface area contributed by atoms with Crippen LogP contribution in [0.1, 0.15) is 124 Å². The van der Waals surface area contributed by atoms with Crippen molar-refractivity contribution in [2.24, 2.45) is 16.7 Å². The molecular weight excluding hydrogens is 793 g/mol. The normalized spacial score (nSPS) is 13.2. The van der Waals surface area contributed by atoms with E-state index in [4.69, 9.17) is 9.97 Å². The van der Waals surface area contributed by atoms with Crippen LogP contribution in [0.3, 0.4) is 0 Å². The minimum Gasteiger partial charge on any atom is -0.512 e. The monoisotopic (exact) mass is 852 g/mol. The first-order valence-corrected chi connectivity index (χ1v) is 18.5. The zero-order valence-electron chi connectivity index (χ0n) is 32.4. The van der Waals surface area contributed by atoms with Crippen molar-refractivity contribution >= 4 is 16.6 Å². The van der Waals surface area contributed by atoms with Crippen molar-refractivity contribution in [2.45, 2.75) is 127 Å². The quantitative estimate of drug-likeness (QED) is 0.0981. The summed E-state index contributed by atoms with van der Waals surface area (Å²) in [5.41, 5.74) is 9.24. The van der Waals surface area contributed by atoms with E-state index in [1.807, 2.05) is 47.7 Å². The van der Waals surface area contributed by atoms with Gasteiger partial charge in [-0.05, 0) is 79.5 Å². The van der Waals surface area contributed by atoms with Crippen LogP contribution in [0.25, 0.3) is 33.2 Å². The van der Waals surface area contributed by atoms with Gasteiger partial charge in [0, 0.05) is 65.9 Å². The number of benzene rings is 2. The van der Waals surface area contributed by atoms with E-state index < -0.39 is 0 Å². The van der Waals surface area contributed by atoms with Crippen LogP contribution in [0.2, 0.25) is 0 Å². The minimum absolute atomic E-state index is 0. The molecule has 0 bridgehead atoms. The third kappa shape index (κ3) is 9.01. The number of hydrogen-bond acceptors (Lipinski definition) is 4. The molecule has 5 rings (SSSR count). The van der Waals surface area contributed by atoms with Crippen molar-refractivity contribution in [3.8, 4) is 22.4 Å². The largest absolute Gasteiger partial charge is 0.512 e. The first-order valence-electron chi connectivity index (χ1n) is 18.5. The molecule has 2 aromatic carbocycles. The Labute approximate surface area is 316 Å². The van der Waals surface area contributed by atoms with E-state index in [9.17, 15) is 9.90 Å². The fourth-order valence-electron chi connectivity index (χ4n) is 6.65. The molecular formula is C45H59IrN2O2-. The van der Waals surface area contributed by atoms with E-state index in [1.165, 1.54) is 45.1 Å². The van der Waals surface area contributed by atoms with Gasteiger partial charge in [0.1, 0.15) is 5.76 Å². The van der Waals surface area contributed by atoms with Crippen LogP contribution in [0, 0.1) is 22.8 Å². The predicted molar refractivity (Wildman–Crippen MR) is 207 cm³/mol. The van der Waals surface area contributed by atoms with E-state index in [-0.39, 0.29) is 47.9 Å². The van der Waals surface area contributed by atoms with Gasteiger partial charge >= 0.3 is 0 Å². The van der Waals surface area contributed by atoms with Crippen molar-refractivity contribution < 1.29 is 30.0 Å². The first-order chi connectivity index (χ1) is 23.1. The summed E-state index contributed by atoms with van der Waals surface area (Å²) in [4.78, 5) is 22.1. The van der Waals surface area contributed by atoms with E-state index in [2.05, 4.69) is 89.2 Å². The maximum Gasteiger partial charge on any atom is 0.164 e. The predicted octanol–water partition coefficient (Wildman–Crippen LogP) is 12.0. The van der Waals surface area contributed by atoms with Gasteiger partial charge in [0.15, 0.2) is 5.78 Å². The SMILES string of the molecule is CC(C)Cc1ccc2c(n1)CCc1c-2ccnc1-c1[c-]c2ccccc2c(C(C)(C)C)c1.CCC(C)(CC)C(=O)/C=C(\O)C(C)(CC)CC.[Ir]. The van der Waals surface area contributed by atoms with E-state index >= 15 is 0 Å². The first kappa shape index (κ1) is 41.3. The van der Waals surface area contributed by atoms with Crippen LogP contribution < -0.4 is 0 Å². The van der Waals surface area contributed by atoms with Crippen molar-refractivity contribution in [1.82, 2.24) is 9.97 Å². The number of fused-ring (bicyclic) bond motifs is 4. The molecule has 0 saturated carbocycles. The molecule has 0 aliphatic heterocycles. The number of carbonyl (C=O) groups is 1. The summed E-state index contributed by atoms with van der Waals surface area (Å²) in [6.07, 6.45) is 9.67. The number of nitrogens with zero attached hydrogens (tertiary/aromatic N) is 2. The van der Waals surface area contributed by atoms with E-state index in [0.717, 1.165) is 61.6 Å². The Morgan fingerprint density at radius 3 is 2.12 bits per heavy atom. The topological polar surface area (TPSA) is 63.1 Å². The van der Waals surface area contributed by atoms with Crippen LogP contribution >= 0.6 is 0 Å². The third-order valence-corrected chi connectivity index (χ3v) is 11.0. The molecule has 0 fully saturated rings. The molecule has 1 radical (unpaired) electrons. The molecule has 0 unspecified atom stereocenters. The van der Waals surface area contributed by atoms with Crippen LogP contribution in [0.15, 0.2) is 66.6 Å². The Morgan fingerprint density at radius 2 is 1.52 bits per heavy atom. The van der Waals surface area contributed by atoms with Gasteiger partial charge in [-0.2, -0.15) is 0 Å². The zero-order chi connectivity index (χ0) is 36.1. The van der Waals surface area contributed by atoms with Crippen molar-refractivity contribution in [3.63, 3.8) is 0 Å².